The summed E-state index contributed by atoms with van der Waals surface area (Å²) < 4.78 is 1.78. The van der Waals surface area contributed by atoms with E-state index in [1.54, 1.807) is 4.68 Å². The topological polar surface area (TPSA) is 72.9 Å². The van der Waals surface area contributed by atoms with Crippen molar-refractivity contribution in [3.05, 3.63) is 17.5 Å². The molecule has 1 fully saturated rings. The molecule has 1 amide bonds. The fraction of sp³-hybridized carbons (Fsp3) is 0.667. The van der Waals surface area contributed by atoms with Gasteiger partial charge < -0.3 is 11.1 Å². The van der Waals surface area contributed by atoms with Gasteiger partial charge in [-0.05, 0) is 19.3 Å². The van der Waals surface area contributed by atoms with E-state index in [0.29, 0.717) is 11.5 Å². The molecule has 1 saturated carbocycles. The second-order valence-corrected chi connectivity index (χ2v) is 6.26. The number of carbonyl (C=O) groups is 1. The van der Waals surface area contributed by atoms with Gasteiger partial charge in [0.1, 0.15) is 0 Å². The van der Waals surface area contributed by atoms with Gasteiger partial charge in [-0.15, -0.1) is 0 Å². The van der Waals surface area contributed by atoms with E-state index in [-0.39, 0.29) is 5.91 Å². The van der Waals surface area contributed by atoms with Gasteiger partial charge in [0.15, 0.2) is 0 Å². The summed E-state index contributed by atoms with van der Waals surface area (Å²) in [6, 6.07) is 0. The minimum Gasteiger partial charge on any atom is -0.392 e. The lowest BCUT2D eigenvalue weighted by atomic mass is 9.73. The van der Waals surface area contributed by atoms with Crippen LogP contribution < -0.4 is 11.1 Å². The normalized spacial score (nSPS) is 17.4. The molecule has 1 aromatic rings. The molecule has 0 unspecified atom stereocenters. The van der Waals surface area contributed by atoms with Crippen LogP contribution in [0.25, 0.3) is 0 Å². The highest BCUT2D eigenvalue weighted by Crippen LogP contribution is 2.37. The zero-order valence-corrected chi connectivity index (χ0v) is 13.6. The molecule has 0 spiro atoms. The van der Waals surface area contributed by atoms with Crippen molar-refractivity contribution >= 4 is 23.1 Å². The second-order valence-electron chi connectivity index (χ2n) is 5.82. The van der Waals surface area contributed by atoms with Crippen molar-refractivity contribution in [2.24, 2.45) is 18.2 Å². The van der Waals surface area contributed by atoms with Gasteiger partial charge >= 0.3 is 0 Å². The van der Waals surface area contributed by atoms with Crippen molar-refractivity contribution in [2.75, 3.05) is 0 Å². The SMILES string of the molecule is CCc1nn(C)cc1CNC(=O)C1(C(N)=S)CCCCC1. The van der Waals surface area contributed by atoms with Crippen LogP contribution >= 0.6 is 12.2 Å². The molecule has 1 aliphatic carbocycles. The Hall–Kier alpha value is -1.43. The molecule has 3 N–H and O–H groups in total. The minimum absolute atomic E-state index is 0.0272. The first-order valence-electron chi connectivity index (χ1n) is 7.59. The number of rotatable bonds is 5. The van der Waals surface area contributed by atoms with Crippen LogP contribution in [0.4, 0.5) is 0 Å². The maximum atomic E-state index is 12.6. The number of aryl methyl sites for hydroxylation is 2. The van der Waals surface area contributed by atoms with E-state index in [9.17, 15) is 4.79 Å². The molecule has 0 saturated heterocycles. The molecule has 1 heterocycles. The van der Waals surface area contributed by atoms with Gasteiger partial charge in [-0.3, -0.25) is 9.48 Å². The average molecular weight is 308 g/mol. The first kappa shape index (κ1) is 15.9. The maximum absolute atomic E-state index is 12.6. The Kier molecular flexibility index (Phi) is 4.98. The van der Waals surface area contributed by atoms with E-state index in [1.165, 1.54) is 0 Å². The van der Waals surface area contributed by atoms with Gasteiger partial charge in [0.05, 0.1) is 16.1 Å². The Labute approximate surface area is 131 Å². The molecule has 0 aliphatic heterocycles. The number of thiocarbonyl (C=S) groups is 1. The van der Waals surface area contributed by atoms with Crippen molar-refractivity contribution in [3.8, 4) is 0 Å². The average Bonchev–Trinajstić information content (AvgIpc) is 2.85. The second kappa shape index (κ2) is 6.56. The molecule has 1 aromatic heterocycles. The number of hydrogen-bond acceptors (Lipinski definition) is 3. The van der Waals surface area contributed by atoms with Crippen LogP contribution in [0.1, 0.15) is 50.3 Å². The summed E-state index contributed by atoms with van der Waals surface area (Å²) in [6.07, 6.45) is 7.51. The van der Waals surface area contributed by atoms with Crippen LogP contribution in [0, 0.1) is 5.41 Å². The van der Waals surface area contributed by atoms with E-state index in [0.717, 1.165) is 49.8 Å². The van der Waals surface area contributed by atoms with E-state index >= 15 is 0 Å². The molecular weight excluding hydrogens is 284 g/mol. The smallest absolute Gasteiger partial charge is 0.233 e. The molecule has 6 heteroatoms. The van der Waals surface area contributed by atoms with Crippen LogP contribution in [0.5, 0.6) is 0 Å². The number of nitrogens with two attached hydrogens (primary N) is 1. The first-order chi connectivity index (χ1) is 9.99. The van der Waals surface area contributed by atoms with Crippen molar-refractivity contribution in [1.29, 1.82) is 0 Å². The Morgan fingerprint density at radius 3 is 2.71 bits per heavy atom. The fourth-order valence-electron chi connectivity index (χ4n) is 3.11. The summed E-state index contributed by atoms with van der Waals surface area (Å²) in [5.41, 5.74) is 7.31. The third-order valence-corrected chi connectivity index (χ3v) is 4.77. The number of aromatic nitrogens is 2. The van der Waals surface area contributed by atoms with Gasteiger partial charge in [0.25, 0.3) is 0 Å². The number of hydrogen-bond donors (Lipinski definition) is 2. The van der Waals surface area contributed by atoms with Crippen LogP contribution in [0.2, 0.25) is 0 Å². The molecule has 1 aliphatic rings. The number of carbonyl (C=O) groups excluding carboxylic acids is 1. The van der Waals surface area contributed by atoms with E-state index in [2.05, 4.69) is 17.3 Å². The lowest BCUT2D eigenvalue weighted by molar-refractivity contribution is -0.129. The van der Waals surface area contributed by atoms with Gasteiger partial charge in [-0.25, -0.2) is 0 Å². The Morgan fingerprint density at radius 2 is 2.14 bits per heavy atom. The predicted octanol–water partition coefficient (Wildman–Crippen LogP) is 1.84. The lowest BCUT2D eigenvalue weighted by Gasteiger charge is -2.34. The van der Waals surface area contributed by atoms with Crippen LogP contribution in [-0.2, 0) is 24.8 Å². The summed E-state index contributed by atoms with van der Waals surface area (Å²) in [4.78, 5) is 13.0. The maximum Gasteiger partial charge on any atom is 0.233 e. The standard InChI is InChI=1S/C15H24N4OS/c1-3-12-11(10-19(2)18-12)9-17-14(20)15(13(16)21)7-5-4-6-8-15/h10H,3-9H2,1-2H3,(H2,16,21)(H,17,20). The highest BCUT2D eigenvalue weighted by atomic mass is 32.1. The molecule has 5 nitrogen and oxygen atoms in total. The van der Waals surface area contributed by atoms with Gasteiger partial charge in [-0.2, -0.15) is 5.10 Å². The number of amides is 1. The van der Waals surface area contributed by atoms with Gasteiger partial charge in [-0.1, -0.05) is 38.4 Å². The van der Waals surface area contributed by atoms with E-state index in [4.69, 9.17) is 18.0 Å². The molecule has 0 atom stereocenters. The van der Waals surface area contributed by atoms with Crippen molar-refractivity contribution in [2.45, 2.75) is 52.0 Å². The molecular formula is C15H24N4OS. The Bertz CT molecular complexity index is 532. The van der Waals surface area contributed by atoms with Crippen LogP contribution in [0.3, 0.4) is 0 Å². The highest BCUT2D eigenvalue weighted by Gasteiger charge is 2.42. The largest absolute Gasteiger partial charge is 0.392 e. The number of nitrogens with one attached hydrogen (secondary N) is 1. The Balaban J connectivity index is 2.07. The molecule has 0 radical (unpaired) electrons. The lowest BCUT2D eigenvalue weighted by Crippen LogP contribution is -2.49. The molecule has 116 valence electrons. The highest BCUT2D eigenvalue weighted by molar-refractivity contribution is 7.80. The van der Waals surface area contributed by atoms with Crippen molar-refractivity contribution in [3.63, 3.8) is 0 Å². The summed E-state index contributed by atoms with van der Waals surface area (Å²) in [6.45, 7) is 2.55. The zero-order chi connectivity index (χ0) is 15.5. The number of nitrogens with zero attached hydrogens (tertiary/aromatic N) is 2. The molecule has 0 aromatic carbocycles. The zero-order valence-electron chi connectivity index (χ0n) is 12.8. The Morgan fingerprint density at radius 1 is 1.48 bits per heavy atom. The minimum atomic E-state index is -0.651. The molecule has 2 rings (SSSR count). The third kappa shape index (κ3) is 3.26. The quantitative estimate of drug-likeness (QED) is 0.814. The first-order valence-corrected chi connectivity index (χ1v) is 8.00. The van der Waals surface area contributed by atoms with Crippen molar-refractivity contribution < 1.29 is 4.79 Å². The van der Waals surface area contributed by atoms with Gasteiger partial charge in [0.2, 0.25) is 5.91 Å². The third-order valence-electron chi connectivity index (χ3n) is 4.38. The fourth-order valence-corrected chi connectivity index (χ4v) is 3.41. The van der Waals surface area contributed by atoms with Crippen LogP contribution in [0.15, 0.2) is 6.20 Å². The summed E-state index contributed by atoms with van der Waals surface area (Å²) in [7, 11) is 1.89. The monoisotopic (exact) mass is 308 g/mol. The predicted molar refractivity (Wildman–Crippen MR) is 86.7 cm³/mol. The molecule has 21 heavy (non-hydrogen) atoms. The van der Waals surface area contributed by atoms with Crippen molar-refractivity contribution in [1.82, 2.24) is 15.1 Å². The van der Waals surface area contributed by atoms with E-state index in [1.807, 2.05) is 13.2 Å². The van der Waals surface area contributed by atoms with E-state index < -0.39 is 5.41 Å². The summed E-state index contributed by atoms with van der Waals surface area (Å²) >= 11 is 5.19. The summed E-state index contributed by atoms with van der Waals surface area (Å²) in [5.74, 6) is -0.0272. The summed E-state index contributed by atoms with van der Waals surface area (Å²) in [5, 5.41) is 7.41. The van der Waals surface area contributed by atoms with Crippen LogP contribution in [-0.4, -0.2) is 20.7 Å². The van der Waals surface area contributed by atoms with Gasteiger partial charge in [0, 0.05) is 25.4 Å². The molecule has 0 bridgehead atoms.